The van der Waals surface area contributed by atoms with Gasteiger partial charge in [-0.1, -0.05) is 6.07 Å². The largest absolute Gasteiger partial charge is 0.496 e. The molecule has 0 N–H and O–H groups in total. The van der Waals surface area contributed by atoms with Gasteiger partial charge < -0.3 is 14.4 Å². The molecule has 3 fully saturated rings. The van der Waals surface area contributed by atoms with Crippen molar-refractivity contribution < 1.29 is 22.7 Å². The molecule has 3 aliphatic rings. The van der Waals surface area contributed by atoms with Crippen LogP contribution in [0.25, 0.3) is 0 Å². The molecule has 0 aliphatic carbocycles. The average molecular weight is 366 g/mol. The number of sulfonamides is 1. The van der Waals surface area contributed by atoms with Gasteiger partial charge in [0.1, 0.15) is 5.75 Å². The Labute approximate surface area is 147 Å². The molecule has 4 rings (SSSR count). The van der Waals surface area contributed by atoms with Crippen molar-refractivity contribution in [3.63, 3.8) is 0 Å². The van der Waals surface area contributed by atoms with Gasteiger partial charge in [-0.2, -0.15) is 4.31 Å². The second-order valence-electron chi connectivity index (χ2n) is 6.91. The van der Waals surface area contributed by atoms with E-state index in [-0.39, 0.29) is 17.2 Å². The molecule has 25 heavy (non-hydrogen) atoms. The molecule has 2 atom stereocenters. The minimum absolute atomic E-state index is 0.0272. The summed E-state index contributed by atoms with van der Waals surface area (Å²) < 4.78 is 39.3. The predicted octanol–water partition coefficient (Wildman–Crippen LogP) is 1.03. The van der Waals surface area contributed by atoms with Crippen LogP contribution in [0.3, 0.4) is 0 Å². The maximum atomic E-state index is 13.4. The Kier molecular flexibility index (Phi) is 3.65. The van der Waals surface area contributed by atoms with Crippen LogP contribution < -0.4 is 4.74 Å². The van der Waals surface area contributed by atoms with E-state index in [2.05, 4.69) is 0 Å². The highest BCUT2D eigenvalue weighted by molar-refractivity contribution is 7.89. The number of amides is 1. The molecule has 3 heterocycles. The fraction of sp³-hybridized carbons (Fsp3) is 0.588. The monoisotopic (exact) mass is 366 g/mol. The lowest BCUT2D eigenvalue weighted by atomic mass is 10.1. The molecule has 8 heteroatoms. The van der Waals surface area contributed by atoms with Crippen LogP contribution in [0.1, 0.15) is 24.0 Å². The van der Waals surface area contributed by atoms with Gasteiger partial charge in [0.2, 0.25) is 15.9 Å². The highest BCUT2D eigenvalue weighted by atomic mass is 32.2. The number of benzene rings is 1. The molecule has 1 amide bonds. The quantitative estimate of drug-likeness (QED) is 0.799. The molecule has 1 spiro atoms. The summed E-state index contributed by atoms with van der Waals surface area (Å²) in [5, 5.41) is 0. The van der Waals surface area contributed by atoms with Crippen molar-refractivity contribution in [1.82, 2.24) is 9.21 Å². The summed E-state index contributed by atoms with van der Waals surface area (Å²) in [6, 6.07) is 2.93. The summed E-state index contributed by atoms with van der Waals surface area (Å²) in [6.07, 6.45) is 0.700. The van der Waals surface area contributed by atoms with Gasteiger partial charge in [0, 0.05) is 32.0 Å². The molecular weight excluding hydrogens is 344 g/mol. The maximum Gasteiger partial charge on any atom is 0.243 e. The smallest absolute Gasteiger partial charge is 0.243 e. The number of hydrogen-bond donors (Lipinski definition) is 0. The van der Waals surface area contributed by atoms with Crippen molar-refractivity contribution in [2.75, 3.05) is 26.8 Å². The zero-order valence-electron chi connectivity index (χ0n) is 14.6. The molecule has 0 saturated carbocycles. The van der Waals surface area contributed by atoms with Crippen LogP contribution in [-0.2, 0) is 19.6 Å². The van der Waals surface area contributed by atoms with Crippen LogP contribution in [0.2, 0.25) is 0 Å². The first-order chi connectivity index (χ1) is 11.8. The van der Waals surface area contributed by atoms with E-state index in [0.717, 1.165) is 5.56 Å². The molecule has 136 valence electrons. The number of hydrogen-bond acceptors (Lipinski definition) is 5. The summed E-state index contributed by atoms with van der Waals surface area (Å²) in [5.74, 6) is 0.514. The zero-order chi connectivity index (χ0) is 18.0. The van der Waals surface area contributed by atoms with Crippen LogP contribution >= 0.6 is 0 Å². The number of ether oxygens (including phenoxy) is 2. The molecule has 3 aliphatic heterocycles. The normalized spacial score (nSPS) is 29.2. The Balaban J connectivity index is 1.76. The van der Waals surface area contributed by atoms with Crippen molar-refractivity contribution in [2.45, 2.75) is 43.4 Å². The Hall–Kier alpha value is -1.64. The Morgan fingerprint density at radius 3 is 2.72 bits per heavy atom. The fourth-order valence-corrected chi connectivity index (χ4v) is 6.36. The number of methoxy groups -OCH3 is 1. The van der Waals surface area contributed by atoms with Crippen LogP contribution in [-0.4, -0.2) is 62.1 Å². The van der Waals surface area contributed by atoms with Crippen LogP contribution in [0, 0.1) is 13.8 Å². The topological polar surface area (TPSA) is 76.2 Å². The van der Waals surface area contributed by atoms with E-state index in [1.807, 2.05) is 13.0 Å². The van der Waals surface area contributed by atoms with Gasteiger partial charge in [0.15, 0.2) is 5.72 Å². The van der Waals surface area contributed by atoms with Gasteiger partial charge in [-0.3, -0.25) is 4.79 Å². The van der Waals surface area contributed by atoms with E-state index in [4.69, 9.17) is 9.47 Å². The first-order valence-electron chi connectivity index (χ1n) is 8.43. The van der Waals surface area contributed by atoms with Gasteiger partial charge in [0.05, 0.1) is 24.7 Å². The van der Waals surface area contributed by atoms with Gasteiger partial charge >= 0.3 is 0 Å². The second kappa shape index (κ2) is 5.43. The third-order valence-electron chi connectivity index (χ3n) is 5.63. The number of rotatable bonds is 3. The maximum absolute atomic E-state index is 13.4. The SMILES string of the molecule is COc1cc(S(=O)(=O)N2CC[C@@]34OCCN3C(=O)C[C@@H]24)c(C)cc1C. The molecule has 0 aromatic heterocycles. The van der Waals surface area contributed by atoms with Crippen molar-refractivity contribution in [3.8, 4) is 5.75 Å². The van der Waals surface area contributed by atoms with Crippen molar-refractivity contribution in [1.29, 1.82) is 0 Å². The lowest BCUT2D eigenvalue weighted by Crippen LogP contribution is -2.48. The Bertz CT molecular complexity index is 853. The number of aryl methyl sites for hydroxylation is 2. The first-order valence-corrected chi connectivity index (χ1v) is 9.87. The average Bonchev–Trinajstić information content (AvgIpc) is 3.18. The second-order valence-corrected chi connectivity index (χ2v) is 8.77. The highest BCUT2D eigenvalue weighted by Crippen LogP contribution is 2.47. The van der Waals surface area contributed by atoms with E-state index in [0.29, 0.717) is 37.4 Å². The molecule has 0 unspecified atom stereocenters. The molecular formula is C17H22N2O5S. The van der Waals surface area contributed by atoms with E-state index in [1.165, 1.54) is 11.4 Å². The van der Waals surface area contributed by atoms with E-state index >= 15 is 0 Å². The van der Waals surface area contributed by atoms with Crippen LogP contribution in [0.5, 0.6) is 5.75 Å². The number of carbonyl (C=O) groups excluding carboxylic acids is 1. The standard InChI is InChI=1S/C17H22N2O5S/c1-11-8-12(2)14(9-13(11)23-3)25(21,22)19-5-4-17-15(19)10-16(20)18(17)6-7-24-17/h8-9,15H,4-7,10H2,1-3H3/t15-,17+/m1/s1. The van der Waals surface area contributed by atoms with Crippen LogP contribution in [0.4, 0.5) is 0 Å². The molecule has 0 bridgehead atoms. The number of nitrogens with zero attached hydrogens (tertiary/aromatic N) is 2. The van der Waals surface area contributed by atoms with E-state index < -0.39 is 21.8 Å². The van der Waals surface area contributed by atoms with Gasteiger partial charge in [-0.15, -0.1) is 0 Å². The third-order valence-corrected chi connectivity index (χ3v) is 7.68. The Morgan fingerprint density at radius 1 is 1.24 bits per heavy atom. The first kappa shape index (κ1) is 16.8. The summed E-state index contributed by atoms with van der Waals surface area (Å²) in [5.41, 5.74) is 0.790. The molecule has 1 aromatic rings. The summed E-state index contributed by atoms with van der Waals surface area (Å²) in [7, 11) is -2.22. The van der Waals surface area contributed by atoms with Crippen molar-refractivity contribution in [2.24, 2.45) is 0 Å². The third kappa shape index (κ3) is 2.17. The molecule has 0 radical (unpaired) electrons. The number of carbonyl (C=O) groups is 1. The Morgan fingerprint density at radius 2 is 2.00 bits per heavy atom. The minimum Gasteiger partial charge on any atom is -0.496 e. The lowest BCUT2D eigenvalue weighted by Gasteiger charge is -2.31. The summed E-state index contributed by atoms with van der Waals surface area (Å²) >= 11 is 0. The molecule has 7 nitrogen and oxygen atoms in total. The summed E-state index contributed by atoms with van der Waals surface area (Å²) in [4.78, 5) is 14.2. The van der Waals surface area contributed by atoms with Crippen molar-refractivity contribution >= 4 is 15.9 Å². The van der Waals surface area contributed by atoms with Crippen molar-refractivity contribution in [3.05, 3.63) is 23.3 Å². The zero-order valence-corrected chi connectivity index (χ0v) is 15.4. The van der Waals surface area contributed by atoms with Gasteiger partial charge in [-0.05, 0) is 25.0 Å². The molecule has 1 aromatic carbocycles. The van der Waals surface area contributed by atoms with Gasteiger partial charge in [-0.25, -0.2) is 8.42 Å². The minimum atomic E-state index is -3.75. The van der Waals surface area contributed by atoms with Gasteiger partial charge in [0.25, 0.3) is 0 Å². The van der Waals surface area contributed by atoms with Crippen LogP contribution in [0.15, 0.2) is 17.0 Å². The highest BCUT2D eigenvalue weighted by Gasteiger charge is 2.64. The van der Waals surface area contributed by atoms with E-state index in [1.54, 1.807) is 17.9 Å². The predicted molar refractivity (Wildman–Crippen MR) is 89.8 cm³/mol. The van der Waals surface area contributed by atoms with E-state index in [9.17, 15) is 13.2 Å². The summed E-state index contributed by atoms with van der Waals surface area (Å²) in [6.45, 7) is 5.02. The lowest BCUT2D eigenvalue weighted by molar-refractivity contribution is -0.136. The fourth-order valence-electron chi connectivity index (χ4n) is 4.48. The molecule has 3 saturated heterocycles.